The highest BCUT2D eigenvalue weighted by Gasteiger charge is 2.33. The quantitative estimate of drug-likeness (QED) is 0.509. The molecule has 2 aromatic carbocycles. The van der Waals surface area contributed by atoms with Crippen molar-refractivity contribution in [1.82, 2.24) is 4.57 Å². The van der Waals surface area contributed by atoms with Gasteiger partial charge in [0.1, 0.15) is 0 Å². The molecule has 0 radical (unpaired) electrons. The van der Waals surface area contributed by atoms with E-state index in [4.69, 9.17) is 14.2 Å². The fourth-order valence-corrected chi connectivity index (χ4v) is 4.99. The van der Waals surface area contributed by atoms with E-state index in [1.165, 1.54) is 11.3 Å². The first-order valence-electron chi connectivity index (χ1n) is 10.9. The molecule has 0 N–H and O–H groups in total. The van der Waals surface area contributed by atoms with Crippen molar-refractivity contribution >= 4 is 23.4 Å². The van der Waals surface area contributed by atoms with E-state index < -0.39 is 12.0 Å². The first kappa shape index (κ1) is 23.5. The van der Waals surface area contributed by atoms with Crippen LogP contribution in [-0.4, -0.2) is 31.4 Å². The molecule has 0 saturated carbocycles. The molecule has 1 aliphatic heterocycles. The van der Waals surface area contributed by atoms with Crippen molar-refractivity contribution < 1.29 is 19.0 Å². The summed E-state index contributed by atoms with van der Waals surface area (Å²) in [7, 11) is 3.10. The van der Waals surface area contributed by atoms with Gasteiger partial charge < -0.3 is 14.2 Å². The van der Waals surface area contributed by atoms with Crippen LogP contribution in [0.2, 0.25) is 0 Å². The number of carbonyl (C=O) groups is 1. The van der Waals surface area contributed by atoms with Crippen LogP contribution in [0.25, 0.3) is 6.08 Å². The van der Waals surface area contributed by atoms with E-state index in [1.807, 2.05) is 43.3 Å². The van der Waals surface area contributed by atoms with Gasteiger partial charge in [-0.1, -0.05) is 47.2 Å². The molecule has 8 heteroatoms. The van der Waals surface area contributed by atoms with E-state index in [0.29, 0.717) is 37.7 Å². The maximum Gasteiger partial charge on any atom is 0.338 e. The topological polar surface area (TPSA) is 79.1 Å². The summed E-state index contributed by atoms with van der Waals surface area (Å²) in [5.41, 5.74) is 3.36. The monoisotopic (exact) mass is 478 g/mol. The number of benzene rings is 2. The zero-order valence-corrected chi connectivity index (χ0v) is 20.6. The first-order valence-corrected chi connectivity index (χ1v) is 11.7. The average molecular weight is 479 g/mol. The molecule has 2 heterocycles. The molecule has 0 saturated heterocycles. The van der Waals surface area contributed by atoms with Gasteiger partial charge in [-0.15, -0.1) is 0 Å². The Bertz CT molecular complexity index is 1450. The fraction of sp³-hybridized carbons (Fsp3) is 0.269. The van der Waals surface area contributed by atoms with Gasteiger partial charge in [-0.3, -0.25) is 9.36 Å². The molecule has 34 heavy (non-hydrogen) atoms. The smallest absolute Gasteiger partial charge is 0.338 e. The molecule has 1 aromatic heterocycles. The van der Waals surface area contributed by atoms with Gasteiger partial charge in [0, 0.05) is 0 Å². The number of hydrogen-bond donors (Lipinski definition) is 0. The van der Waals surface area contributed by atoms with Crippen molar-refractivity contribution in [2.45, 2.75) is 26.8 Å². The molecule has 7 nitrogen and oxygen atoms in total. The number of methoxy groups -OCH3 is 2. The minimum absolute atomic E-state index is 0.214. The summed E-state index contributed by atoms with van der Waals surface area (Å²) >= 11 is 1.29. The molecule has 4 rings (SSSR count). The molecule has 3 aromatic rings. The Hall–Kier alpha value is -3.65. The number of aromatic nitrogens is 1. The lowest BCUT2D eigenvalue weighted by Gasteiger charge is -2.25. The molecular weight excluding hydrogens is 452 g/mol. The summed E-state index contributed by atoms with van der Waals surface area (Å²) in [6, 6.07) is 12.6. The second kappa shape index (κ2) is 9.69. The van der Waals surface area contributed by atoms with Crippen LogP contribution in [0, 0.1) is 6.92 Å². The summed E-state index contributed by atoms with van der Waals surface area (Å²) < 4.78 is 18.3. The van der Waals surface area contributed by atoms with Crippen LogP contribution >= 0.6 is 11.3 Å². The number of aryl methyl sites for hydroxylation is 1. The number of rotatable bonds is 6. The summed E-state index contributed by atoms with van der Waals surface area (Å²) in [6.07, 6.45) is 1.85. The molecule has 1 aliphatic rings. The third-order valence-electron chi connectivity index (χ3n) is 5.62. The standard InChI is InChI=1S/C26H26N2O5S/c1-6-33-25(30)22-16(3)27-26-28(23(22)18-11-12-19(31-4)20(14-18)32-5)24(29)21(34-26)13-17-9-7-15(2)8-10-17/h7-14,23H,6H2,1-5H3/b21-13+/t23-/m0/s1. The van der Waals surface area contributed by atoms with Gasteiger partial charge in [-0.25, -0.2) is 9.79 Å². The van der Waals surface area contributed by atoms with Crippen LogP contribution < -0.4 is 24.4 Å². The van der Waals surface area contributed by atoms with E-state index in [-0.39, 0.29) is 12.2 Å². The Morgan fingerprint density at radius 3 is 2.44 bits per heavy atom. The second-order valence-electron chi connectivity index (χ2n) is 7.83. The van der Waals surface area contributed by atoms with E-state index in [9.17, 15) is 9.59 Å². The number of allylic oxidation sites excluding steroid dienone is 1. The highest BCUT2D eigenvalue weighted by Crippen LogP contribution is 2.36. The third kappa shape index (κ3) is 4.28. The lowest BCUT2D eigenvalue weighted by molar-refractivity contribution is -0.139. The third-order valence-corrected chi connectivity index (χ3v) is 6.60. The van der Waals surface area contributed by atoms with Gasteiger partial charge in [0.2, 0.25) is 0 Å². The number of carbonyl (C=O) groups excluding carboxylic acids is 1. The summed E-state index contributed by atoms with van der Waals surface area (Å²) in [5, 5.41) is 0. The SMILES string of the molecule is CCOC(=O)C1=C(C)N=c2s/c(=C/c3ccc(C)cc3)c(=O)n2[C@H]1c1ccc(OC)c(OC)c1. The predicted octanol–water partition coefficient (Wildman–Crippen LogP) is 3.12. The molecule has 0 unspecified atom stereocenters. The normalized spacial score (nSPS) is 15.6. The van der Waals surface area contributed by atoms with Gasteiger partial charge in [0.25, 0.3) is 5.56 Å². The van der Waals surface area contributed by atoms with Crippen LogP contribution in [-0.2, 0) is 9.53 Å². The van der Waals surface area contributed by atoms with Crippen molar-refractivity contribution in [2.24, 2.45) is 4.99 Å². The zero-order valence-electron chi connectivity index (χ0n) is 19.7. The predicted molar refractivity (Wildman–Crippen MR) is 131 cm³/mol. The van der Waals surface area contributed by atoms with Crippen molar-refractivity contribution in [2.75, 3.05) is 20.8 Å². The Labute approximate surface area is 201 Å². The van der Waals surface area contributed by atoms with E-state index >= 15 is 0 Å². The van der Waals surface area contributed by atoms with E-state index in [2.05, 4.69) is 4.99 Å². The molecule has 0 aliphatic carbocycles. The highest BCUT2D eigenvalue weighted by molar-refractivity contribution is 7.07. The van der Waals surface area contributed by atoms with Crippen LogP contribution in [0.5, 0.6) is 11.5 Å². The Morgan fingerprint density at radius 1 is 1.09 bits per heavy atom. The molecule has 0 amide bonds. The Balaban J connectivity index is 1.96. The largest absolute Gasteiger partial charge is 0.493 e. The maximum absolute atomic E-state index is 13.6. The number of thiazole rings is 1. The number of nitrogens with zero attached hydrogens (tertiary/aromatic N) is 2. The molecular formula is C26H26N2O5S. The van der Waals surface area contributed by atoms with Crippen LogP contribution in [0.15, 0.2) is 63.5 Å². The van der Waals surface area contributed by atoms with Crippen molar-refractivity contribution in [3.8, 4) is 11.5 Å². The summed E-state index contributed by atoms with van der Waals surface area (Å²) in [6.45, 7) is 5.74. The van der Waals surface area contributed by atoms with Gasteiger partial charge in [-0.2, -0.15) is 0 Å². The minimum atomic E-state index is -0.713. The van der Waals surface area contributed by atoms with Crippen LogP contribution in [0.3, 0.4) is 0 Å². The molecule has 0 bridgehead atoms. The lowest BCUT2D eigenvalue weighted by Crippen LogP contribution is -2.39. The summed E-state index contributed by atoms with van der Waals surface area (Å²) in [4.78, 5) is 31.8. The fourth-order valence-electron chi connectivity index (χ4n) is 3.94. The van der Waals surface area contributed by atoms with Crippen molar-refractivity contribution in [1.29, 1.82) is 0 Å². The molecule has 0 fully saturated rings. The molecule has 176 valence electrons. The number of fused-ring (bicyclic) bond motifs is 1. The van der Waals surface area contributed by atoms with Crippen LogP contribution in [0.1, 0.15) is 36.6 Å². The highest BCUT2D eigenvalue weighted by atomic mass is 32.1. The van der Waals surface area contributed by atoms with Crippen molar-refractivity contribution in [3.63, 3.8) is 0 Å². The van der Waals surface area contributed by atoms with E-state index in [1.54, 1.807) is 44.8 Å². The minimum Gasteiger partial charge on any atom is -0.493 e. The molecule has 0 spiro atoms. The maximum atomic E-state index is 13.6. The molecule has 1 atom stereocenters. The van der Waals surface area contributed by atoms with E-state index in [0.717, 1.165) is 11.1 Å². The number of esters is 1. The van der Waals surface area contributed by atoms with Crippen LogP contribution in [0.4, 0.5) is 0 Å². The summed E-state index contributed by atoms with van der Waals surface area (Å²) in [5.74, 6) is 0.549. The number of ether oxygens (including phenoxy) is 3. The zero-order chi connectivity index (χ0) is 24.4. The van der Waals surface area contributed by atoms with Gasteiger partial charge in [0.15, 0.2) is 16.3 Å². The number of hydrogen-bond acceptors (Lipinski definition) is 7. The lowest BCUT2D eigenvalue weighted by atomic mass is 9.95. The average Bonchev–Trinajstić information content (AvgIpc) is 3.13. The second-order valence-corrected chi connectivity index (χ2v) is 8.84. The van der Waals surface area contributed by atoms with Gasteiger partial charge >= 0.3 is 5.97 Å². The van der Waals surface area contributed by atoms with Gasteiger partial charge in [0.05, 0.1) is 42.7 Å². The Morgan fingerprint density at radius 2 is 1.79 bits per heavy atom. The first-order chi connectivity index (χ1) is 16.4. The Kier molecular flexibility index (Phi) is 6.70. The van der Waals surface area contributed by atoms with Crippen molar-refractivity contribution in [3.05, 3.63) is 90.1 Å². The van der Waals surface area contributed by atoms with Gasteiger partial charge in [-0.05, 0) is 50.1 Å².